The highest BCUT2D eigenvalue weighted by molar-refractivity contribution is 5.93. The van der Waals surface area contributed by atoms with Gasteiger partial charge in [0.25, 0.3) is 12.3 Å². The topological polar surface area (TPSA) is 115 Å². The van der Waals surface area contributed by atoms with Gasteiger partial charge in [-0.3, -0.25) is 14.6 Å². The number of carbonyl (C=O) groups is 3. The van der Waals surface area contributed by atoms with Crippen LogP contribution in [0.15, 0.2) is 18.3 Å². The molecule has 0 radical (unpaired) electrons. The van der Waals surface area contributed by atoms with Crippen molar-refractivity contribution < 1.29 is 28.3 Å². The number of aliphatic hydroxyl groups excluding tert-OH is 1. The third-order valence-electron chi connectivity index (χ3n) is 4.43. The molecule has 1 unspecified atom stereocenters. The van der Waals surface area contributed by atoms with Crippen molar-refractivity contribution in [2.24, 2.45) is 0 Å². The Labute approximate surface area is 153 Å². The quantitative estimate of drug-likeness (QED) is 0.642. The summed E-state index contributed by atoms with van der Waals surface area (Å²) < 4.78 is 25.6. The Morgan fingerprint density at radius 1 is 1.26 bits per heavy atom. The van der Waals surface area contributed by atoms with Gasteiger partial charge >= 0.3 is 6.03 Å². The van der Waals surface area contributed by atoms with Crippen molar-refractivity contribution in [3.63, 3.8) is 0 Å². The SMILES string of the molecule is O=C1NC[C@@H](C(=O)N2CCN(C(=O)c3cc(C(F)F)ccn3)CC(O)C2)N1. The lowest BCUT2D eigenvalue weighted by atomic mass is 10.2. The van der Waals surface area contributed by atoms with Gasteiger partial charge in [-0.2, -0.15) is 0 Å². The van der Waals surface area contributed by atoms with Gasteiger partial charge in [0.2, 0.25) is 5.91 Å². The molecule has 0 aromatic carbocycles. The standard InChI is InChI=1S/C16H19F2N5O4/c17-13(18)9-1-2-19-11(5-9)14(25)22-3-4-23(8-10(24)7-22)15(26)12-6-20-16(27)21-12/h1-2,5,10,12-13,24H,3-4,6-8H2,(H2,20,21,27)/t10?,12-/m0/s1. The first-order valence-electron chi connectivity index (χ1n) is 8.39. The smallest absolute Gasteiger partial charge is 0.315 e. The van der Waals surface area contributed by atoms with Gasteiger partial charge in [-0.05, 0) is 12.1 Å². The number of urea groups is 1. The molecule has 4 amide bonds. The molecular formula is C16H19F2N5O4. The monoisotopic (exact) mass is 383 g/mol. The van der Waals surface area contributed by atoms with Gasteiger partial charge in [0, 0.05) is 44.5 Å². The van der Waals surface area contributed by atoms with Crippen molar-refractivity contribution in [1.29, 1.82) is 0 Å². The van der Waals surface area contributed by atoms with Gasteiger partial charge in [0.1, 0.15) is 11.7 Å². The number of β-amino-alcohol motifs (C(OH)–C–C–N with tert-alkyl or cyclic N) is 1. The second-order valence-corrected chi connectivity index (χ2v) is 6.37. The van der Waals surface area contributed by atoms with Gasteiger partial charge in [0.05, 0.1) is 6.10 Å². The highest BCUT2D eigenvalue weighted by atomic mass is 19.3. The fourth-order valence-electron chi connectivity index (χ4n) is 3.06. The molecule has 2 saturated heterocycles. The average Bonchev–Trinajstić information content (AvgIpc) is 2.98. The number of pyridine rings is 1. The second kappa shape index (κ2) is 7.82. The molecule has 1 aromatic heterocycles. The molecule has 3 N–H and O–H groups in total. The van der Waals surface area contributed by atoms with Crippen LogP contribution in [0.3, 0.4) is 0 Å². The van der Waals surface area contributed by atoms with Gasteiger partial charge in [-0.1, -0.05) is 0 Å². The lowest BCUT2D eigenvalue weighted by molar-refractivity contribution is -0.133. The molecule has 11 heteroatoms. The van der Waals surface area contributed by atoms with Crippen LogP contribution in [-0.4, -0.2) is 82.6 Å². The van der Waals surface area contributed by atoms with Crippen LogP contribution >= 0.6 is 0 Å². The van der Waals surface area contributed by atoms with Gasteiger partial charge < -0.3 is 25.5 Å². The van der Waals surface area contributed by atoms with Crippen molar-refractivity contribution in [2.75, 3.05) is 32.7 Å². The molecular weight excluding hydrogens is 364 g/mol. The number of carbonyl (C=O) groups excluding carboxylic acids is 3. The molecule has 3 heterocycles. The van der Waals surface area contributed by atoms with Crippen molar-refractivity contribution in [3.05, 3.63) is 29.6 Å². The number of hydrogen-bond donors (Lipinski definition) is 3. The first-order valence-corrected chi connectivity index (χ1v) is 8.39. The van der Waals surface area contributed by atoms with Crippen LogP contribution < -0.4 is 10.6 Å². The molecule has 0 saturated carbocycles. The summed E-state index contributed by atoms with van der Waals surface area (Å²) in [7, 11) is 0. The van der Waals surface area contributed by atoms with Crippen LogP contribution in [0, 0.1) is 0 Å². The molecule has 2 aliphatic rings. The number of alkyl halides is 2. The predicted octanol–water partition coefficient (Wildman–Crippen LogP) is -0.654. The van der Waals surface area contributed by atoms with E-state index < -0.39 is 30.5 Å². The van der Waals surface area contributed by atoms with Gasteiger partial charge in [0.15, 0.2) is 0 Å². The normalized spacial score (nSPS) is 23.0. The summed E-state index contributed by atoms with van der Waals surface area (Å²) in [5.74, 6) is -0.957. The minimum atomic E-state index is -2.72. The predicted molar refractivity (Wildman–Crippen MR) is 88.0 cm³/mol. The third-order valence-corrected chi connectivity index (χ3v) is 4.43. The van der Waals surface area contributed by atoms with Crippen molar-refractivity contribution in [2.45, 2.75) is 18.6 Å². The number of hydrogen-bond acceptors (Lipinski definition) is 5. The first kappa shape index (κ1) is 19.0. The maximum Gasteiger partial charge on any atom is 0.315 e. The van der Waals surface area contributed by atoms with E-state index in [1.54, 1.807) is 0 Å². The Bertz CT molecular complexity index is 747. The van der Waals surface area contributed by atoms with Gasteiger partial charge in [-0.25, -0.2) is 13.6 Å². The van der Waals surface area contributed by atoms with Crippen LogP contribution in [0.1, 0.15) is 22.5 Å². The first-order chi connectivity index (χ1) is 12.8. The number of halogens is 2. The minimum absolute atomic E-state index is 0.000510. The van der Waals surface area contributed by atoms with Gasteiger partial charge in [-0.15, -0.1) is 0 Å². The highest BCUT2D eigenvalue weighted by Gasteiger charge is 2.34. The van der Waals surface area contributed by atoms with Crippen LogP contribution in [0.25, 0.3) is 0 Å². The Hall–Kier alpha value is -2.82. The summed E-state index contributed by atoms with van der Waals surface area (Å²) in [6, 6.07) is 0.984. The second-order valence-electron chi connectivity index (χ2n) is 6.37. The Balaban J connectivity index is 1.68. The van der Waals surface area contributed by atoms with Crippen LogP contribution in [-0.2, 0) is 4.79 Å². The average molecular weight is 383 g/mol. The molecule has 2 fully saturated rings. The fourth-order valence-corrected chi connectivity index (χ4v) is 3.06. The number of nitrogens with one attached hydrogen (secondary N) is 2. The molecule has 1 aromatic rings. The number of nitrogens with zero attached hydrogens (tertiary/aromatic N) is 3. The Morgan fingerprint density at radius 2 is 1.96 bits per heavy atom. The van der Waals surface area contributed by atoms with E-state index in [9.17, 15) is 28.3 Å². The molecule has 0 spiro atoms. The maximum absolute atomic E-state index is 12.8. The van der Waals surface area contributed by atoms with E-state index in [0.29, 0.717) is 0 Å². The number of amides is 4. The summed E-state index contributed by atoms with van der Waals surface area (Å²) in [6.07, 6.45) is -2.60. The molecule has 3 rings (SSSR count). The molecule has 0 bridgehead atoms. The molecule has 9 nitrogen and oxygen atoms in total. The number of rotatable bonds is 3. The van der Waals surface area contributed by atoms with Crippen LogP contribution in [0.5, 0.6) is 0 Å². The highest BCUT2D eigenvalue weighted by Crippen LogP contribution is 2.19. The van der Waals surface area contributed by atoms with E-state index in [1.807, 2.05) is 0 Å². The number of aromatic nitrogens is 1. The van der Waals surface area contributed by atoms with Crippen molar-refractivity contribution in [1.82, 2.24) is 25.4 Å². The zero-order chi connectivity index (χ0) is 19.6. The minimum Gasteiger partial charge on any atom is -0.389 e. The zero-order valence-corrected chi connectivity index (χ0v) is 14.3. The Morgan fingerprint density at radius 3 is 2.63 bits per heavy atom. The Kier molecular flexibility index (Phi) is 5.49. The molecule has 2 aliphatic heterocycles. The van der Waals surface area contributed by atoms with E-state index in [1.165, 1.54) is 9.80 Å². The maximum atomic E-state index is 12.8. The lowest BCUT2D eigenvalue weighted by Crippen LogP contribution is -2.48. The third kappa shape index (κ3) is 4.30. The molecule has 146 valence electrons. The van der Waals surface area contributed by atoms with E-state index >= 15 is 0 Å². The summed E-state index contributed by atoms with van der Waals surface area (Å²) in [4.78, 5) is 42.7. The summed E-state index contributed by atoms with van der Waals surface area (Å²) in [5, 5.41) is 15.1. The zero-order valence-electron chi connectivity index (χ0n) is 14.3. The van der Waals surface area contributed by atoms with Crippen LogP contribution in [0.4, 0.5) is 13.6 Å². The summed E-state index contributed by atoms with van der Waals surface area (Å²) in [5.41, 5.74) is -0.461. The van der Waals surface area contributed by atoms with Crippen LogP contribution in [0.2, 0.25) is 0 Å². The van der Waals surface area contributed by atoms with Crippen molar-refractivity contribution in [3.8, 4) is 0 Å². The fraction of sp³-hybridized carbons (Fsp3) is 0.500. The molecule has 2 atom stereocenters. The molecule has 0 aliphatic carbocycles. The van der Waals surface area contributed by atoms with Crippen molar-refractivity contribution >= 4 is 17.8 Å². The lowest BCUT2D eigenvalue weighted by Gasteiger charge is -2.24. The molecule has 27 heavy (non-hydrogen) atoms. The summed E-state index contributed by atoms with van der Waals surface area (Å²) >= 11 is 0. The largest absolute Gasteiger partial charge is 0.389 e. The summed E-state index contributed by atoms with van der Waals surface area (Å²) in [6.45, 7) is 0.341. The number of aliphatic hydroxyl groups is 1. The van der Waals surface area contributed by atoms with E-state index in [-0.39, 0.29) is 49.9 Å². The van der Waals surface area contributed by atoms with E-state index in [4.69, 9.17) is 0 Å². The van der Waals surface area contributed by atoms with E-state index in [0.717, 1.165) is 18.3 Å². The van der Waals surface area contributed by atoms with E-state index in [2.05, 4.69) is 15.6 Å².